The Labute approximate surface area is 240 Å². The van der Waals surface area contributed by atoms with Crippen molar-refractivity contribution in [1.29, 1.82) is 0 Å². The van der Waals surface area contributed by atoms with Gasteiger partial charge in [0, 0.05) is 55.6 Å². The summed E-state index contributed by atoms with van der Waals surface area (Å²) in [5.41, 5.74) is 5.41. The van der Waals surface area contributed by atoms with E-state index in [1.165, 1.54) is 11.3 Å². The summed E-state index contributed by atoms with van der Waals surface area (Å²) in [5, 5.41) is 14.5. The molecule has 41 heavy (non-hydrogen) atoms. The third kappa shape index (κ3) is 6.47. The van der Waals surface area contributed by atoms with Crippen molar-refractivity contribution in [3.05, 3.63) is 132 Å². The monoisotopic (exact) mass is 543 g/mol. The zero-order valence-electron chi connectivity index (χ0n) is 22.9. The number of aromatic nitrogens is 2. The number of carbonyl (C=O) groups is 1. The standard InChI is InChI=1S/C34H33N5O2/c40-34(41-25-28-11-5-2-6-12-28)35-24-27-15-17-29(18-16-27)38-19-21-39(22-20-38)33-31-14-8-7-13-30(31)32(36-37-33)23-26-9-3-1-4-10-26/h1-18H,19-25H2,(H,35,40). The molecule has 0 saturated carbocycles. The Morgan fingerprint density at radius 1 is 0.659 bits per heavy atom. The van der Waals surface area contributed by atoms with Crippen molar-refractivity contribution in [2.24, 2.45) is 0 Å². The Morgan fingerprint density at radius 2 is 1.27 bits per heavy atom. The lowest BCUT2D eigenvalue weighted by molar-refractivity contribution is 0.139. The molecule has 2 heterocycles. The molecule has 1 aromatic heterocycles. The number of amides is 1. The van der Waals surface area contributed by atoms with Gasteiger partial charge in [0.05, 0.1) is 5.69 Å². The van der Waals surface area contributed by atoms with Gasteiger partial charge in [-0.05, 0) is 28.8 Å². The minimum atomic E-state index is -0.419. The Balaban J connectivity index is 1.04. The normalized spacial score (nSPS) is 13.3. The van der Waals surface area contributed by atoms with Crippen LogP contribution in [0.5, 0.6) is 0 Å². The van der Waals surface area contributed by atoms with Gasteiger partial charge in [-0.1, -0.05) is 97.1 Å². The molecule has 7 nitrogen and oxygen atoms in total. The molecule has 206 valence electrons. The average Bonchev–Trinajstić information content (AvgIpc) is 3.04. The second kappa shape index (κ2) is 12.5. The highest BCUT2D eigenvalue weighted by atomic mass is 16.5. The molecule has 0 unspecified atom stereocenters. The molecular formula is C34H33N5O2. The smallest absolute Gasteiger partial charge is 0.407 e. The minimum Gasteiger partial charge on any atom is -0.445 e. The number of piperazine rings is 1. The van der Waals surface area contributed by atoms with Crippen LogP contribution in [0.4, 0.5) is 16.3 Å². The van der Waals surface area contributed by atoms with Crippen molar-refractivity contribution >= 4 is 28.4 Å². The number of carbonyl (C=O) groups excluding carboxylic acids is 1. The van der Waals surface area contributed by atoms with Crippen LogP contribution in [0.1, 0.15) is 22.4 Å². The zero-order valence-corrected chi connectivity index (χ0v) is 22.9. The average molecular weight is 544 g/mol. The van der Waals surface area contributed by atoms with Gasteiger partial charge in [0.15, 0.2) is 5.82 Å². The maximum absolute atomic E-state index is 12.1. The van der Waals surface area contributed by atoms with E-state index in [-0.39, 0.29) is 6.61 Å². The maximum Gasteiger partial charge on any atom is 0.407 e. The van der Waals surface area contributed by atoms with Crippen molar-refractivity contribution in [2.45, 2.75) is 19.6 Å². The van der Waals surface area contributed by atoms with E-state index >= 15 is 0 Å². The first kappa shape index (κ1) is 26.3. The van der Waals surface area contributed by atoms with Gasteiger partial charge in [0.1, 0.15) is 6.61 Å². The number of rotatable bonds is 8. The number of fused-ring (bicyclic) bond motifs is 1. The van der Waals surface area contributed by atoms with Crippen LogP contribution >= 0.6 is 0 Å². The van der Waals surface area contributed by atoms with E-state index in [0.29, 0.717) is 6.54 Å². The zero-order chi connectivity index (χ0) is 27.9. The van der Waals surface area contributed by atoms with E-state index in [1.54, 1.807) is 0 Å². The minimum absolute atomic E-state index is 0.261. The summed E-state index contributed by atoms with van der Waals surface area (Å²) in [5.74, 6) is 0.956. The van der Waals surface area contributed by atoms with Gasteiger partial charge >= 0.3 is 6.09 Å². The molecule has 1 fully saturated rings. The van der Waals surface area contributed by atoms with Crippen LogP contribution < -0.4 is 15.1 Å². The molecule has 4 aromatic carbocycles. The van der Waals surface area contributed by atoms with Crippen molar-refractivity contribution in [3.63, 3.8) is 0 Å². The van der Waals surface area contributed by atoms with E-state index in [1.807, 2.05) is 36.4 Å². The van der Waals surface area contributed by atoms with E-state index in [2.05, 4.69) is 93.0 Å². The molecule has 0 spiro atoms. The third-order valence-electron chi connectivity index (χ3n) is 7.49. The van der Waals surface area contributed by atoms with Gasteiger partial charge in [0.2, 0.25) is 0 Å². The summed E-state index contributed by atoms with van der Waals surface area (Å²) in [4.78, 5) is 16.8. The van der Waals surface area contributed by atoms with Crippen LogP contribution in [-0.2, 0) is 24.3 Å². The number of alkyl carbamates (subject to hydrolysis) is 1. The summed E-state index contributed by atoms with van der Waals surface area (Å²) in [6.07, 6.45) is 0.348. The molecule has 1 amide bonds. The lowest BCUT2D eigenvalue weighted by Gasteiger charge is -2.37. The van der Waals surface area contributed by atoms with Gasteiger partial charge in [-0.2, -0.15) is 5.10 Å². The highest BCUT2D eigenvalue weighted by Crippen LogP contribution is 2.28. The topological polar surface area (TPSA) is 70.6 Å². The van der Waals surface area contributed by atoms with Crippen LogP contribution in [0.15, 0.2) is 109 Å². The molecule has 0 radical (unpaired) electrons. The quantitative estimate of drug-likeness (QED) is 0.260. The van der Waals surface area contributed by atoms with Crippen molar-refractivity contribution in [1.82, 2.24) is 15.5 Å². The number of hydrogen-bond acceptors (Lipinski definition) is 6. The fourth-order valence-electron chi connectivity index (χ4n) is 5.25. The third-order valence-corrected chi connectivity index (χ3v) is 7.49. The number of nitrogens with one attached hydrogen (secondary N) is 1. The first-order valence-electron chi connectivity index (χ1n) is 14.0. The second-order valence-corrected chi connectivity index (χ2v) is 10.2. The molecule has 5 aromatic rings. The van der Waals surface area contributed by atoms with E-state index < -0.39 is 6.09 Å². The fourth-order valence-corrected chi connectivity index (χ4v) is 5.25. The van der Waals surface area contributed by atoms with Crippen LogP contribution in [-0.4, -0.2) is 42.5 Å². The van der Waals surface area contributed by atoms with Crippen LogP contribution in [0.25, 0.3) is 10.8 Å². The number of benzene rings is 4. The van der Waals surface area contributed by atoms with E-state index in [9.17, 15) is 4.79 Å². The Morgan fingerprint density at radius 3 is 1.98 bits per heavy atom. The van der Waals surface area contributed by atoms with Crippen molar-refractivity contribution in [2.75, 3.05) is 36.0 Å². The molecule has 0 aliphatic carbocycles. The van der Waals surface area contributed by atoms with Gasteiger partial charge in [0.25, 0.3) is 0 Å². The SMILES string of the molecule is O=C(NCc1ccc(N2CCN(c3nnc(Cc4ccccc4)c4ccccc34)CC2)cc1)OCc1ccccc1. The van der Waals surface area contributed by atoms with Gasteiger partial charge in [-0.25, -0.2) is 4.79 Å². The highest BCUT2D eigenvalue weighted by molar-refractivity contribution is 5.93. The molecule has 1 aliphatic heterocycles. The largest absolute Gasteiger partial charge is 0.445 e. The number of nitrogens with zero attached hydrogens (tertiary/aromatic N) is 4. The number of hydrogen-bond donors (Lipinski definition) is 1. The van der Waals surface area contributed by atoms with E-state index in [0.717, 1.165) is 66.0 Å². The Kier molecular flexibility index (Phi) is 8.03. The summed E-state index contributed by atoms with van der Waals surface area (Å²) >= 11 is 0. The predicted octanol–water partition coefficient (Wildman–Crippen LogP) is 5.97. The molecular weight excluding hydrogens is 510 g/mol. The summed E-state index contributed by atoms with van der Waals surface area (Å²) in [6, 6.07) is 36.9. The molecule has 0 atom stereocenters. The molecule has 6 rings (SSSR count). The first-order chi connectivity index (χ1) is 20.2. The van der Waals surface area contributed by atoms with Crippen LogP contribution in [0.3, 0.4) is 0 Å². The van der Waals surface area contributed by atoms with E-state index in [4.69, 9.17) is 9.84 Å². The first-order valence-corrected chi connectivity index (χ1v) is 14.0. The Hall–Kier alpha value is -4.91. The summed E-state index contributed by atoms with van der Waals surface area (Å²) in [7, 11) is 0. The highest BCUT2D eigenvalue weighted by Gasteiger charge is 2.21. The van der Waals surface area contributed by atoms with Crippen LogP contribution in [0.2, 0.25) is 0 Å². The number of ether oxygens (including phenoxy) is 1. The number of anilines is 2. The Bertz CT molecular complexity index is 1580. The lowest BCUT2D eigenvalue weighted by Crippen LogP contribution is -2.47. The second-order valence-electron chi connectivity index (χ2n) is 10.2. The van der Waals surface area contributed by atoms with Gasteiger partial charge in [-0.3, -0.25) is 0 Å². The molecule has 7 heteroatoms. The van der Waals surface area contributed by atoms with Crippen molar-refractivity contribution in [3.8, 4) is 0 Å². The lowest BCUT2D eigenvalue weighted by atomic mass is 10.0. The van der Waals surface area contributed by atoms with Crippen molar-refractivity contribution < 1.29 is 9.53 Å². The maximum atomic E-state index is 12.1. The molecule has 1 aliphatic rings. The van der Waals surface area contributed by atoms with Crippen LogP contribution in [0, 0.1) is 0 Å². The van der Waals surface area contributed by atoms with Gasteiger partial charge in [-0.15, -0.1) is 5.10 Å². The molecule has 0 bridgehead atoms. The van der Waals surface area contributed by atoms with Gasteiger partial charge < -0.3 is 19.9 Å². The summed E-state index contributed by atoms with van der Waals surface area (Å²) < 4.78 is 5.30. The summed E-state index contributed by atoms with van der Waals surface area (Å²) in [6.45, 7) is 4.21. The predicted molar refractivity (Wildman–Crippen MR) is 163 cm³/mol. The molecule has 1 saturated heterocycles. The molecule has 1 N–H and O–H groups in total. The fraction of sp³-hybridized carbons (Fsp3) is 0.206.